The first-order valence-electron chi connectivity index (χ1n) is 8.45. The molecule has 0 aromatic heterocycles. The van der Waals surface area contributed by atoms with Crippen molar-refractivity contribution in [2.24, 2.45) is 5.92 Å². The van der Waals surface area contributed by atoms with Crippen LogP contribution in [0.25, 0.3) is 0 Å². The fraction of sp³-hybridized carbons (Fsp3) is 0.300. The lowest BCUT2D eigenvalue weighted by atomic mass is 10.0. The number of benzene rings is 2. The maximum Gasteiger partial charge on any atom is 0.251 e. The number of nitrogens with one attached hydrogen (secondary N) is 1. The van der Waals surface area contributed by atoms with Gasteiger partial charge in [0.15, 0.2) is 0 Å². The summed E-state index contributed by atoms with van der Waals surface area (Å²) in [7, 11) is 1.52. The van der Waals surface area contributed by atoms with Gasteiger partial charge in [-0.1, -0.05) is 31.5 Å². The second-order valence-electron chi connectivity index (χ2n) is 6.60. The fourth-order valence-corrected chi connectivity index (χ4v) is 2.80. The summed E-state index contributed by atoms with van der Waals surface area (Å²) in [6, 6.07) is 8.52. The van der Waals surface area contributed by atoms with Crippen molar-refractivity contribution in [1.82, 2.24) is 10.2 Å². The number of nitrogens with zero attached hydrogens (tertiary/aromatic N) is 1. The number of carbonyl (C=O) groups excluding carboxylic acids is 2. The van der Waals surface area contributed by atoms with Gasteiger partial charge >= 0.3 is 0 Å². The first-order chi connectivity index (χ1) is 12.7. The highest BCUT2D eigenvalue weighted by molar-refractivity contribution is 6.31. The number of likely N-dealkylation sites (N-methyl/N-ethyl adjacent to an activating group) is 1. The molecule has 7 heteroatoms. The average molecular weight is 395 g/mol. The summed E-state index contributed by atoms with van der Waals surface area (Å²) in [5.74, 6) is -2.03. The molecule has 0 fully saturated rings. The van der Waals surface area contributed by atoms with E-state index in [2.05, 4.69) is 5.32 Å². The minimum absolute atomic E-state index is 0.0278. The van der Waals surface area contributed by atoms with Gasteiger partial charge in [-0.25, -0.2) is 8.78 Å². The van der Waals surface area contributed by atoms with Crippen molar-refractivity contribution in [2.75, 3.05) is 7.05 Å². The molecular weight excluding hydrogens is 374 g/mol. The molecule has 0 radical (unpaired) electrons. The summed E-state index contributed by atoms with van der Waals surface area (Å²) in [5.41, 5.74) is 0.456. The van der Waals surface area contributed by atoms with E-state index in [1.165, 1.54) is 48.3 Å². The normalized spacial score (nSPS) is 12.0. The van der Waals surface area contributed by atoms with Crippen LogP contribution in [0.1, 0.15) is 29.8 Å². The number of carbonyl (C=O) groups is 2. The number of hydrogen-bond donors (Lipinski definition) is 1. The van der Waals surface area contributed by atoms with Gasteiger partial charge in [0.1, 0.15) is 17.7 Å². The molecule has 1 atom stereocenters. The minimum atomic E-state index is -0.821. The molecule has 2 aromatic carbocycles. The molecule has 0 aliphatic carbocycles. The maximum atomic E-state index is 14.0. The van der Waals surface area contributed by atoms with Gasteiger partial charge in [0.05, 0.1) is 0 Å². The van der Waals surface area contributed by atoms with E-state index in [4.69, 9.17) is 11.6 Å². The van der Waals surface area contributed by atoms with Gasteiger partial charge in [-0.2, -0.15) is 0 Å². The van der Waals surface area contributed by atoms with Crippen molar-refractivity contribution in [2.45, 2.75) is 26.4 Å². The van der Waals surface area contributed by atoms with Gasteiger partial charge in [0, 0.05) is 29.7 Å². The highest BCUT2D eigenvalue weighted by Crippen LogP contribution is 2.21. The summed E-state index contributed by atoms with van der Waals surface area (Å²) in [5, 5.41) is 2.90. The van der Waals surface area contributed by atoms with Crippen LogP contribution in [0.5, 0.6) is 0 Å². The summed E-state index contributed by atoms with van der Waals surface area (Å²) in [6.07, 6.45) is 0. The SMILES string of the molecule is CC(C)C(NC(=O)c1ccc(F)cc1)C(=O)N(C)Cc1c(F)cccc1Cl. The molecule has 0 saturated carbocycles. The van der Waals surface area contributed by atoms with E-state index in [9.17, 15) is 18.4 Å². The fourth-order valence-electron chi connectivity index (χ4n) is 2.58. The summed E-state index contributed by atoms with van der Waals surface area (Å²) >= 11 is 6.02. The Hall–Kier alpha value is -2.47. The van der Waals surface area contributed by atoms with Gasteiger partial charge in [-0.15, -0.1) is 0 Å². The monoisotopic (exact) mass is 394 g/mol. The first kappa shape index (κ1) is 20.8. The Labute approximate surface area is 162 Å². The van der Waals surface area contributed by atoms with Crippen molar-refractivity contribution in [3.8, 4) is 0 Å². The van der Waals surface area contributed by atoms with Gasteiger partial charge in [-0.05, 0) is 42.3 Å². The van der Waals surface area contributed by atoms with E-state index >= 15 is 0 Å². The topological polar surface area (TPSA) is 49.4 Å². The lowest BCUT2D eigenvalue weighted by molar-refractivity contribution is -0.133. The maximum absolute atomic E-state index is 14.0. The van der Waals surface area contributed by atoms with E-state index in [-0.39, 0.29) is 34.5 Å². The third-order valence-corrected chi connectivity index (χ3v) is 4.51. The van der Waals surface area contributed by atoms with Crippen LogP contribution in [0.4, 0.5) is 8.78 Å². The quantitative estimate of drug-likeness (QED) is 0.804. The third kappa shape index (κ3) is 5.26. The standard InChI is InChI=1S/C20H21ClF2N2O2/c1-12(2)18(24-19(26)13-7-9-14(22)10-8-13)20(27)25(3)11-15-16(21)5-4-6-17(15)23/h4-10,12,18H,11H2,1-3H3,(H,24,26). The van der Waals surface area contributed by atoms with E-state index in [1.54, 1.807) is 19.9 Å². The van der Waals surface area contributed by atoms with Crippen molar-refractivity contribution in [1.29, 1.82) is 0 Å². The smallest absolute Gasteiger partial charge is 0.251 e. The Kier molecular flexibility index (Phi) is 6.91. The van der Waals surface area contributed by atoms with Gasteiger partial charge < -0.3 is 10.2 Å². The Morgan fingerprint density at radius 3 is 2.30 bits per heavy atom. The number of halogens is 3. The zero-order valence-corrected chi connectivity index (χ0v) is 16.1. The van der Waals surface area contributed by atoms with E-state index in [0.717, 1.165) is 0 Å². The van der Waals surface area contributed by atoms with Crippen molar-refractivity contribution in [3.05, 3.63) is 70.2 Å². The average Bonchev–Trinajstić information content (AvgIpc) is 2.62. The number of rotatable bonds is 6. The molecule has 2 amide bonds. The van der Waals surface area contributed by atoms with E-state index in [1.807, 2.05) is 0 Å². The molecule has 1 unspecified atom stereocenters. The molecule has 1 N–H and O–H groups in total. The van der Waals surface area contributed by atoms with Gasteiger partial charge in [-0.3, -0.25) is 9.59 Å². The van der Waals surface area contributed by atoms with Crippen LogP contribution < -0.4 is 5.32 Å². The first-order valence-corrected chi connectivity index (χ1v) is 8.82. The molecule has 0 heterocycles. The van der Waals surface area contributed by atoms with Crippen LogP contribution in [0.3, 0.4) is 0 Å². The molecule has 27 heavy (non-hydrogen) atoms. The number of amides is 2. The summed E-state index contributed by atoms with van der Waals surface area (Å²) in [4.78, 5) is 26.5. The lowest BCUT2D eigenvalue weighted by Gasteiger charge is -2.27. The summed E-state index contributed by atoms with van der Waals surface area (Å²) < 4.78 is 27.0. The van der Waals surface area contributed by atoms with Crippen molar-refractivity contribution in [3.63, 3.8) is 0 Å². The van der Waals surface area contributed by atoms with Gasteiger partial charge in [0.2, 0.25) is 5.91 Å². The van der Waals surface area contributed by atoms with Crippen LogP contribution in [0.15, 0.2) is 42.5 Å². The minimum Gasteiger partial charge on any atom is -0.340 e. The molecule has 144 valence electrons. The van der Waals surface area contributed by atoms with E-state index < -0.39 is 23.6 Å². The lowest BCUT2D eigenvalue weighted by Crippen LogP contribution is -2.50. The molecule has 4 nitrogen and oxygen atoms in total. The van der Waals surface area contributed by atoms with Crippen LogP contribution in [-0.4, -0.2) is 29.8 Å². The van der Waals surface area contributed by atoms with Crippen LogP contribution >= 0.6 is 11.6 Å². The van der Waals surface area contributed by atoms with Crippen LogP contribution in [0.2, 0.25) is 5.02 Å². The highest BCUT2D eigenvalue weighted by Gasteiger charge is 2.28. The second-order valence-corrected chi connectivity index (χ2v) is 7.00. The zero-order chi connectivity index (χ0) is 20.1. The zero-order valence-electron chi connectivity index (χ0n) is 15.3. The molecule has 0 spiro atoms. The van der Waals surface area contributed by atoms with Crippen molar-refractivity contribution >= 4 is 23.4 Å². The molecular formula is C20H21ClF2N2O2. The predicted molar refractivity (Wildman–Crippen MR) is 100 cm³/mol. The largest absolute Gasteiger partial charge is 0.340 e. The summed E-state index contributed by atoms with van der Waals surface area (Å²) in [6.45, 7) is 3.55. The number of hydrogen-bond acceptors (Lipinski definition) is 2. The Bertz CT molecular complexity index is 805. The Morgan fingerprint density at radius 2 is 1.74 bits per heavy atom. The molecule has 2 rings (SSSR count). The molecule has 0 saturated heterocycles. The molecule has 0 bridgehead atoms. The molecule has 0 aliphatic rings. The Balaban J connectivity index is 2.14. The van der Waals surface area contributed by atoms with Crippen LogP contribution in [0, 0.1) is 17.6 Å². The van der Waals surface area contributed by atoms with Gasteiger partial charge in [0.25, 0.3) is 5.91 Å². The Morgan fingerprint density at radius 1 is 1.11 bits per heavy atom. The third-order valence-electron chi connectivity index (χ3n) is 4.16. The van der Waals surface area contributed by atoms with Crippen LogP contribution in [-0.2, 0) is 11.3 Å². The molecule has 0 aliphatic heterocycles. The molecule has 2 aromatic rings. The predicted octanol–water partition coefficient (Wildman–Crippen LogP) is 4.03. The highest BCUT2D eigenvalue weighted by atomic mass is 35.5. The second kappa shape index (κ2) is 8.95. The van der Waals surface area contributed by atoms with Crippen molar-refractivity contribution < 1.29 is 18.4 Å². The van der Waals surface area contributed by atoms with E-state index in [0.29, 0.717) is 0 Å².